The van der Waals surface area contributed by atoms with Crippen molar-refractivity contribution in [2.24, 2.45) is 5.92 Å². The number of hydrogen-bond acceptors (Lipinski definition) is 3. The second-order valence-electron chi connectivity index (χ2n) is 4.81. The smallest absolute Gasteiger partial charge is 0.263 e. The summed E-state index contributed by atoms with van der Waals surface area (Å²) in [5.41, 5.74) is 1.11. The number of carbonyl (C=O) groups is 1. The number of thiophene rings is 1. The molecule has 0 atom stereocenters. The normalized spacial score (nSPS) is 14.8. The van der Waals surface area contributed by atoms with Gasteiger partial charge in [0.1, 0.15) is 0 Å². The molecule has 2 rings (SSSR count). The molecule has 1 amide bonds. The summed E-state index contributed by atoms with van der Waals surface area (Å²) in [6, 6.07) is 1.93. The summed E-state index contributed by atoms with van der Waals surface area (Å²) in [5.74, 6) is 0.853. The number of likely N-dealkylation sites (N-methyl/N-ethyl adjacent to an activating group) is 1. The number of ether oxygens (including phenoxy) is 1. The van der Waals surface area contributed by atoms with Crippen LogP contribution in [0.1, 0.15) is 28.1 Å². The standard InChI is InChI=1S/C13H18BrNO2S/c1-9-7-11(18-12(9)14)13(16)15(2)5-6-17-8-10-3-4-10/h7,10H,3-6,8H2,1-2H3. The van der Waals surface area contributed by atoms with E-state index in [0.29, 0.717) is 13.2 Å². The quantitative estimate of drug-likeness (QED) is 0.748. The first-order chi connectivity index (χ1) is 8.58. The zero-order valence-corrected chi connectivity index (χ0v) is 13.1. The molecule has 1 aliphatic carbocycles. The summed E-state index contributed by atoms with van der Waals surface area (Å²) in [6.45, 7) is 4.13. The summed E-state index contributed by atoms with van der Waals surface area (Å²) < 4.78 is 6.58. The first-order valence-electron chi connectivity index (χ1n) is 6.17. The molecular weight excluding hydrogens is 314 g/mol. The molecule has 0 aromatic carbocycles. The Hall–Kier alpha value is -0.390. The summed E-state index contributed by atoms with van der Waals surface area (Å²) in [6.07, 6.45) is 2.61. The first-order valence-corrected chi connectivity index (χ1v) is 7.78. The van der Waals surface area contributed by atoms with E-state index in [2.05, 4.69) is 15.9 Å². The molecule has 0 spiro atoms. The van der Waals surface area contributed by atoms with E-state index in [9.17, 15) is 4.79 Å². The topological polar surface area (TPSA) is 29.5 Å². The molecule has 1 saturated carbocycles. The molecule has 0 saturated heterocycles. The van der Waals surface area contributed by atoms with Crippen molar-refractivity contribution in [3.63, 3.8) is 0 Å². The number of carbonyl (C=O) groups excluding carboxylic acids is 1. The van der Waals surface area contributed by atoms with Crippen LogP contribution in [-0.2, 0) is 4.74 Å². The average molecular weight is 332 g/mol. The Bertz CT molecular complexity index is 409. The largest absolute Gasteiger partial charge is 0.379 e. The summed E-state index contributed by atoms with van der Waals surface area (Å²) in [4.78, 5) is 14.6. The van der Waals surface area contributed by atoms with Gasteiger partial charge in [-0.3, -0.25) is 4.79 Å². The van der Waals surface area contributed by atoms with Crippen molar-refractivity contribution in [1.82, 2.24) is 4.90 Å². The molecule has 5 heteroatoms. The van der Waals surface area contributed by atoms with E-state index < -0.39 is 0 Å². The van der Waals surface area contributed by atoms with Crippen molar-refractivity contribution in [3.8, 4) is 0 Å². The maximum absolute atomic E-state index is 12.1. The van der Waals surface area contributed by atoms with E-state index in [1.54, 1.807) is 4.90 Å². The highest BCUT2D eigenvalue weighted by molar-refractivity contribution is 9.11. The third-order valence-electron chi connectivity index (χ3n) is 3.04. The fraction of sp³-hybridized carbons (Fsp3) is 0.615. The fourth-order valence-electron chi connectivity index (χ4n) is 1.59. The van der Waals surface area contributed by atoms with E-state index in [1.165, 1.54) is 24.2 Å². The van der Waals surface area contributed by atoms with Crippen LogP contribution in [0.5, 0.6) is 0 Å². The molecule has 1 fully saturated rings. The van der Waals surface area contributed by atoms with E-state index >= 15 is 0 Å². The molecule has 0 N–H and O–H groups in total. The molecule has 18 heavy (non-hydrogen) atoms. The van der Waals surface area contributed by atoms with Gasteiger partial charge in [-0.05, 0) is 53.2 Å². The van der Waals surface area contributed by atoms with E-state index in [-0.39, 0.29) is 5.91 Å². The van der Waals surface area contributed by atoms with Crippen molar-refractivity contribution >= 4 is 33.2 Å². The second kappa shape index (κ2) is 6.17. The maximum Gasteiger partial charge on any atom is 0.263 e. The van der Waals surface area contributed by atoms with Crippen LogP contribution >= 0.6 is 27.3 Å². The van der Waals surface area contributed by atoms with Crippen molar-refractivity contribution in [1.29, 1.82) is 0 Å². The molecule has 100 valence electrons. The van der Waals surface area contributed by atoms with Gasteiger partial charge in [0.2, 0.25) is 0 Å². The lowest BCUT2D eigenvalue weighted by Crippen LogP contribution is -2.29. The number of nitrogens with zero attached hydrogens (tertiary/aromatic N) is 1. The Morgan fingerprint density at radius 2 is 2.33 bits per heavy atom. The Balaban J connectivity index is 1.76. The molecule has 1 aromatic rings. The molecule has 3 nitrogen and oxygen atoms in total. The lowest BCUT2D eigenvalue weighted by atomic mass is 10.3. The average Bonchev–Trinajstić information content (AvgIpc) is 3.10. The third kappa shape index (κ3) is 3.80. The monoisotopic (exact) mass is 331 g/mol. The van der Waals surface area contributed by atoms with Crippen LogP contribution < -0.4 is 0 Å². The molecule has 1 aliphatic rings. The molecule has 0 unspecified atom stereocenters. The van der Waals surface area contributed by atoms with Crippen LogP contribution in [0, 0.1) is 12.8 Å². The van der Waals surface area contributed by atoms with Crippen LogP contribution in [-0.4, -0.2) is 37.6 Å². The predicted molar refractivity (Wildman–Crippen MR) is 77.3 cm³/mol. The van der Waals surface area contributed by atoms with Crippen molar-refractivity contribution in [3.05, 3.63) is 20.3 Å². The van der Waals surface area contributed by atoms with Crippen LogP contribution in [0.2, 0.25) is 0 Å². The van der Waals surface area contributed by atoms with Gasteiger partial charge >= 0.3 is 0 Å². The highest BCUT2D eigenvalue weighted by atomic mass is 79.9. The van der Waals surface area contributed by atoms with Crippen LogP contribution in [0.15, 0.2) is 9.85 Å². The van der Waals surface area contributed by atoms with Gasteiger partial charge in [0.25, 0.3) is 5.91 Å². The van der Waals surface area contributed by atoms with Crippen LogP contribution in [0.3, 0.4) is 0 Å². The number of hydrogen-bond donors (Lipinski definition) is 0. The molecular formula is C13H18BrNO2S. The molecule has 1 aromatic heterocycles. The number of halogens is 1. The van der Waals surface area contributed by atoms with E-state index in [0.717, 1.165) is 26.8 Å². The zero-order valence-electron chi connectivity index (χ0n) is 10.7. The second-order valence-corrected chi connectivity index (χ2v) is 7.18. The minimum Gasteiger partial charge on any atom is -0.379 e. The fourth-order valence-corrected chi connectivity index (χ4v) is 3.12. The van der Waals surface area contributed by atoms with Gasteiger partial charge in [0, 0.05) is 20.2 Å². The number of rotatable bonds is 6. The first kappa shape index (κ1) is 14.0. The minimum absolute atomic E-state index is 0.0730. The van der Waals surface area contributed by atoms with Gasteiger partial charge in [0.05, 0.1) is 15.3 Å². The van der Waals surface area contributed by atoms with Crippen LogP contribution in [0.4, 0.5) is 0 Å². The lowest BCUT2D eigenvalue weighted by Gasteiger charge is -2.16. The highest BCUT2D eigenvalue weighted by Gasteiger charge is 2.21. The number of aryl methyl sites for hydroxylation is 1. The maximum atomic E-state index is 12.1. The minimum atomic E-state index is 0.0730. The summed E-state index contributed by atoms with van der Waals surface area (Å²) in [7, 11) is 1.83. The van der Waals surface area contributed by atoms with Gasteiger partial charge in [-0.1, -0.05) is 0 Å². The molecule has 0 radical (unpaired) electrons. The van der Waals surface area contributed by atoms with Crippen molar-refractivity contribution < 1.29 is 9.53 Å². The lowest BCUT2D eigenvalue weighted by molar-refractivity contribution is 0.0685. The van der Waals surface area contributed by atoms with Crippen LogP contribution in [0.25, 0.3) is 0 Å². The van der Waals surface area contributed by atoms with Crippen molar-refractivity contribution in [2.45, 2.75) is 19.8 Å². The van der Waals surface area contributed by atoms with Gasteiger partial charge in [-0.25, -0.2) is 0 Å². The van der Waals surface area contributed by atoms with Gasteiger partial charge in [-0.15, -0.1) is 11.3 Å². The zero-order chi connectivity index (χ0) is 13.1. The SMILES string of the molecule is Cc1cc(C(=O)N(C)CCOCC2CC2)sc1Br. The molecule has 0 aliphatic heterocycles. The van der Waals surface area contributed by atoms with E-state index in [1.807, 2.05) is 20.0 Å². The Morgan fingerprint density at radius 1 is 1.61 bits per heavy atom. The van der Waals surface area contributed by atoms with Gasteiger partial charge < -0.3 is 9.64 Å². The summed E-state index contributed by atoms with van der Waals surface area (Å²) >= 11 is 4.93. The van der Waals surface area contributed by atoms with Crippen molar-refractivity contribution in [2.75, 3.05) is 26.8 Å². The summed E-state index contributed by atoms with van der Waals surface area (Å²) in [5, 5.41) is 0. The predicted octanol–water partition coefficient (Wildman–Crippen LogP) is 3.32. The molecule has 0 bridgehead atoms. The third-order valence-corrected chi connectivity index (χ3v) is 5.16. The molecule has 1 heterocycles. The van der Waals surface area contributed by atoms with Gasteiger partial charge in [-0.2, -0.15) is 0 Å². The number of amides is 1. The highest BCUT2D eigenvalue weighted by Crippen LogP contribution is 2.29. The Kier molecular flexibility index (Phi) is 4.81. The Labute approximate surface area is 120 Å². The van der Waals surface area contributed by atoms with E-state index in [4.69, 9.17) is 4.74 Å². The van der Waals surface area contributed by atoms with Gasteiger partial charge in [0.15, 0.2) is 0 Å². The Morgan fingerprint density at radius 3 is 2.89 bits per heavy atom.